The summed E-state index contributed by atoms with van der Waals surface area (Å²) >= 11 is 0. The van der Waals surface area contributed by atoms with Crippen LogP contribution in [0.1, 0.15) is 20.8 Å². The highest BCUT2D eigenvalue weighted by atomic mass is 19.4. The fourth-order valence-corrected chi connectivity index (χ4v) is 1.15. The maximum absolute atomic E-state index is 12.5. The van der Waals surface area contributed by atoms with Gasteiger partial charge in [-0.15, -0.1) is 0 Å². The smallest absolute Gasteiger partial charge is 0.400 e. The van der Waals surface area contributed by atoms with E-state index in [2.05, 4.69) is 10.5 Å². The molecule has 7 heteroatoms. The second kappa shape index (κ2) is 6.68. The van der Waals surface area contributed by atoms with Crippen LogP contribution in [0.3, 0.4) is 0 Å². The van der Waals surface area contributed by atoms with E-state index < -0.39 is 17.9 Å². The Morgan fingerprint density at radius 1 is 1.29 bits per heavy atom. The maximum Gasteiger partial charge on any atom is 0.400 e. The Morgan fingerprint density at radius 2 is 1.82 bits per heavy atom. The molecule has 0 rings (SSSR count). The van der Waals surface area contributed by atoms with Gasteiger partial charge in [-0.05, 0) is 18.4 Å². The third kappa shape index (κ3) is 5.76. The lowest BCUT2D eigenvalue weighted by atomic mass is 9.98. The number of rotatable bonds is 6. The molecule has 0 amide bonds. The molecule has 0 heterocycles. The van der Waals surface area contributed by atoms with Crippen molar-refractivity contribution in [3.63, 3.8) is 0 Å². The highest BCUT2D eigenvalue weighted by molar-refractivity contribution is 5.83. The molecule has 0 aliphatic carbocycles. The van der Waals surface area contributed by atoms with Gasteiger partial charge in [-0.25, -0.2) is 0 Å². The average molecular weight is 255 g/mol. The Labute approximate surface area is 99.1 Å². The van der Waals surface area contributed by atoms with Gasteiger partial charge in [0, 0.05) is 6.54 Å². The number of nitrogens with two attached hydrogens (primary N) is 1. The summed E-state index contributed by atoms with van der Waals surface area (Å²) in [5.74, 6) is -2.12. The summed E-state index contributed by atoms with van der Waals surface area (Å²) in [7, 11) is 0. The second-order valence-corrected chi connectivity index (χ2v) is 4.50. The number of amidine groups is 1. The average Bonchev–Trinajstić information content (AvgIpc) is 2.21. The molecule has 0 radical (unpaired) electrons. The predicted molar refractivity (Wildman–Crippen MR) is 59.8 cm³/mol. The van der Waals surface area contributed by atoms with E-state index in [-0.39, 0.29) is 12.5 Å². The lowest BCUT2D eigenvalue weighted by Gasteiger charge is -2.21. The van der Waals surface area contributed by atoms with Crippen LogP contribution in [0.2, 0.25) is 0 Å². The zero-order valence-electron chi connectivity index (χ0n) is 10.3. The molecule has 0 spiro atoms. The fourth-order valence-electron chi connectivity index (χ4n) is 1.15. The molecule has 0 saturated carbocycles. The van der Waals surface area contributed by atoms with Crippen molar-refractivity contribution in [3.05, 3.63) is 0 Å². The van der Waals surface area contributed by atoms with Crippen molar-refractivity contribution in [1.29, 1.82) is 0 Å². The van der Waals surface area contributed by atoms with E-state index in [0.717, 1.165) is 0 Å². The van der Waals surface area contributed by atoms with Crippen molar-refractivity contribution in [1.82, 2.24) is 5.32 Å². The molecule has 2 unspecified atom stereocenters. The van der Waals surface area contributed by atoms with E-state index in [1.165, 1.54) is 0 Å². The fraction of sp³-hybridized carbons (Fsp3) is 0.900. The number of halogens is 3. The largest absolute Gasteiger partial charge is 0.409 e. The first-order valence-electron chi connectivity index (χ1n) is 5.45. The van der Waals surface area contributed by atoms with E-state index in [4.69, 9.17) is 10.9 Å². The van der Waals surface area contributed by atoms with Crippen LogP contribution >= 0.6 is 0 Å². The molecule has 102 valence electrons. The minimum atomic E-state index is -4.51. The van der Waals surface area contributed by atoms with E-state index in [1.807, 2.05) is 20.8 Å². The number of alkyl halides is 3. The summed E-state index contributed by atoms with van der Waals surface area (Å²) in [5, 5.41) is 13.4. The Morgan fingerprint density at radius 3 is 2.18 bits per heavy atom. The molecule has 0 aromatic heterocycles. The van der Waals surface area contributed by atoms with Crippen LogP contribution < -0.4 is 11.1 Å². The minimum absolute atomic E-state index is 0.260. The van der Waals surface area contributed by atoms with Gasteiger partial charge in [0.15, 0.2) is 5.84 Å². The van der Waals surface area contributed by atoms with E-state index >= 15 is 0 Å². The molecule has 4 N–H and O–H groups in total. The first-order chi connectivity index (χ1) is 7.70. The first-order valence-corrected chi connectivity index (χ1v) is 5.45. The van der Waals surface area contributed by atoms with Gasteiger partial charge in [-0.3, -0.25) is 0 Å². The first kappa shape index (κ1) is 16.0. The standard InChI is InChI=1S/C10H20F3N3O/c1-6(2)7(3)4-15-5-8(9(14)16-17)10(11,12)13/h6-8,15,17H,4-5H2,1-3H3,(H2,14,16). The van der Waals surface area contributed by atoms with Gasteiger partial charge < -0.3 is 16.3 Å². The quantitative estimate of drug-likeness (QED) is 0.293. The lowest BCUT2D eigenvalue weighted by Crippen LogP contribution is -2.43. The molecule has 4 nitrogen and oxygen atoms in total. The SMILES string of the molecule is CC(C)C(C)CNCC(C(N)=NO)C(F)(F)F. The number of hydrogen-bond donors (Lipinski definition) is 3. The van der Waals surface area contributed by atoms with Gasteiger partial charge >= 0.3 is 6.18 Å². The van der Waals surface area contributed by atoms with Crippen molar-refractivity contribution in [3.8, 4) is 0 Å². The summed E-state index contributed by atoms with van der Waals surface area (Å²) in [6, 6.07) is 0. The third-order valence-corrected chi connectivity index (χ3v) is 2.82. The van der Waals surface area contributed by atoms with Crippen LogP contribution in [0.4, 0.5) is 13.2 Å². The second-order valence-electron chi connectivity index (χ2n) is 4.50. The van der Waals surface area contributed by atoms with E-state index in [1.54, 1.807) is 0 Å². The highest BCUT2D eigenvalue weighted by Gasteiger charge is 2.42. The Hall–Kier alpha value is -0.980. The van der Waals surface area contributed by atoms with Gasteiger partial charge in [0.1, 0.15) is 5.92 Å². The molecule has 0 aliphatic rings. The van der Waals surface area contributed by atoms with E-state index in [0.29, 0.717) is 12.5 Å². The van der Waals surface area contributed by atoms with E-state index in [9.17, 15) is 13.2 Å². The Bertz CT molecular complexity index is 254. The predicted octanol–water partition coefficient (Wildman–Crippen LogP) is 1.79. The van der Waals surface area contributed by atoms with Crippen LogP contribution in [0, 0.1) is 17.8 Å². The van der Waals surface area contributed by atoms with Crippen LogP contribution in [0.5, 0.6) is 0 Å². The maximum atomic E-state index is 12.5. The van der Waals surface area contributed by atoms with Crippen molar-refractivity contribution >= 4 is 5.84 Å². The molecule has 0 aromatic rings. The number of nitrogens with zero attached hydrogens (tertiary/aromatic N) is 1. The van der Waals surface area contributed by atoms with Crippen molar-refractivity contribution in [2.75, 3.05) is 13.1 Å². The van der Waals surface area contributed by atoms with Gasteiger partial charge in [0.25, 0.3) is 0 Å². The number of hydrogen-bond acceptors (Lipinski definition) is 3. The van der Waals surface area contributed by atoms with Gasteiger partial charge in [-0.1, -0.05) is 25.9 Å². The molecule has 0 fully saturated rings. The molecule has 0 bridgehead atoms. The summed E-state index contributed by atoms with van der Waals surface area (Å²) in [6.07, 6.45) is -4.51. The monoisotopic (exact) mass is 255 g/mol. The number of nitrogens with one attached hydrogen (secondary N) is 1. The molecule has 0 aliphatic heterocycles. The van der Waals surface area contributed by atoms with Crippen LogP contribution in [-0.4, -0.2) is 30.3 Å². The van der Waals surface area contributed by atoms with Crippen molar-refractivity contribution < 1.29 is 18.4 Å². The summed E-state index contributed by atoms with van der Waals surface area (Å²) < 4.78 is 37.6. The molecule has 0 saturated heterocycles. The van der Waals surface area contributed by atoms with Gasteiger partial charge in [-0.2, -0.15) is 13.2 Å². The zero-order valence-corrected chi connectivity index (χ0v) is 10.3. The van der Waals surface area contributed by atoms with Gasteiger partial charge in [0.05, 0.1) is 0 Å². The minimum Gasteiger partial charge on any atom is -0.409 e. The third-order valence-electron chi connectivity index (χ3n) is 2.82. The summed E-state index contributed by atoms with van der Waals surface area (Å²) in [6.45, 7) is 6.03. The van der Waals surface area contributed by atoms with Crippen molar-refractivity contribution in [2.45, 2.75) is 26.9 Å². The Balaban J connectivity index is 4.30. The Kier molecular flexibility index (Phi) is 6.30. The van der Waals surface area contributed by atoms with Crippen LogP contribution in [-0.2, 0) is 0 Å². The lowest BCUT2D eigenvalue weighted by molar-refractivity contribution is -0.155. The van der Waals surface area contributed by atoms with Crippen molar-refractivity contribution in [2.24, 2.45) is 28.6 Å². The highest BCUT2D eigenvalue weighted by Crippen LogP contribution is 2.25. The topological polar surface area (TPSA) is 70.6 Å². The molecule has 2 atom stereocenters. The molecule has 0 aromatic carbocycles. The van der Waals surface area contributed by atoms with Crippen LogP contribution in [0.15, 0.2) is 5.16 Å². The molecular weight excluding hydrogens is 235 g/mol. The molecule has 17 heavy (non-hydrogen) atoms. The normalized spacial score (nSPS) is 17.2. The van der Waals surface area contributed by atoms with Crippen LogP contribution in [0.25, 0.3) is 0 Å². The summed E-state index contributed by atoms with van der Waals surface area (Å²) in [4.78, 5) is 0. The zero-order chi connectivity index (χ0) is 13.6. The molecular formula is C10H20F3N3O. The number of oxime groups is 1. The summed E-state index contributed by atoms with van der Waals surface area (Å²) in [5.41, 5.74) is 5.02. The van der Waals surface area contributed by atoms with Gasteiger partial charge in [0.2, 0.25) is 0 Å².